The molecule has 0 saturated heterocycles. The van der Waals surface area contributed by atoms with Gasteiger partial charge in [-0.15, -0.1) is 0 Å². The summed E-state index contributed by atoms with van der Waals surface area (Å²) in [7, 11) is 0. The van der Waals surface area contributed by atoms with E-state index in [2.05, 4.69) is 53.3 Å². The van der Waals surface area contributed by atoms with Crippen molar-refractivity contribution in [2.45, 2.75) is 20.4 Å². The first-order valence-electron chi connectivity index (χ1n) is 5.81. The van der Waals surface area contributed by atoms with Gasteiger partial charge < -0.3 is 5.32 Å². The molecule has 3 heteroatoms. The standard InChI is InChI=1S/C15H15BrFN/c1-10-3-4-11(2)15(5-10)18-9-12-6-13(16)8-14(17)7-12/h3-8,18H,9H2,1-2H3. The van der Waals surface area contributed by atoms with Crippen molar-refractivity contribution in [3.63, 3.8) is 0 Å². The maximum atomic E-state index is 13.2. The molecule has 0 spiro atoms. The van der Waals surface area contributed by atoms with Crippen LogP contribution in [0.3, 0.4) is 0 Å². The van der Waals surface area contributed by atoms with Crippen LogP contribution < -0.4 is 5.32 Å². The van der Waals surface area contributed by atoms with Crippen molar-refractivity contribution in [1.29, 1.82) is 0 Å². The van der Waals surface area contributed by atoms with E-state index < -0.39 is 0 Å². The molecular formula is C15H15BrFN. The molecule has 18 heavy (non-hydrogen) atoms. The third kappa shape index (κ3) is 3.33. The minimum absolute atomic E-state index is 0.220. The summed E-state index contributed by atoms with van der Waals surface area (Å²) < 4.78 is 14.0. The number of nitrogens with one attached hydrogen (secondary N) is 1. The fourth-order valence-corrected chi connectivity index (χ4v) is 2.35. The summed E-state index contributed by atoms with van der Waals surface area (Å²) in [6, 6.07) is 11.2. The zero-order valence-electron chi connectivity index (χ0n) is 10.4. The lowest BCUT2D eigenvalue weighted by molar-refractivity contribution is 0.625. The molecule has 2 aromatic rings. The van der Waals surface area contributed by atoms with Gasteiger partial charge in [0.15, 0.2) is 0 Å². The van der Waals surface area contributed by atoms with Gasteiger partial charge in [0.2, 0.25) is 0 Å². The lowest BCUT2D eigenvalue weighted by Gasteiger charge is -2.11. The molecule has 1 N–H and O–H groups in total. The van der Waals surface area contributed by atoms with Gasteiger partial charge in [0.05, 0.1) is 0 Å². The Bertz CT molecular complexity index is 546. The Morgan fingerprint density at radius 1 is 1.11 bits per heavy atom. The summed E-state index contributed by atoms with van der Waals surface area (Å²) in [4.78, 5) is 0. The average molecular weight is 308 g/mol. The lowest BCUT2D eigenvalue weighted by Crippen LogP contribution is -2.01. The van der Waals surface area contributed by atoms with E-state index in [0.717, 1.165) is 15.7 Å². The smallest absolute Gasteiger partial charge is 0.124 e. The Hall–Kier alpha value is -1.35. The monoisotopic (exact) mass is 307 g/mol. The van der Waals surface area contributed by atoms with Gasteiger partial charge in [0, 0.05) is 16.7 Å². The van der Waals surface area contributed by atoms with Crippen LogP contribution in [0, 0.1) is 19.7 Å². The third-order valence-corrected chi connectivity index (χ3v) is 3.26. The molecule has 1 nitrogen and oxygen atoms in total. The lowest BCUT2D eigenvalue weighted by atomic mass is 10.1. The van der Waals surface area contributed by atoms with Crippen LogP contribution in [0.25, 0.3) is 0 Å². The second kappa shape index (κ2) is 5.53. The summed E-state index contributed by atoms with van der Waals surface area (Å²) in [5, 5.41) is 3.34. The van der Waals surface area contributed by atoms with E-state index in [4.69, 9.17) is 0 Å². The molecule has 2 aromatic carbocycles. The summed E-state index contributed by atoms with van der Waals surface area (Å²) >= 11 is 3.30. The zero-order valence-corrected chi connectivity index (χ0v) is 12.0. The highest BCUT2D eigenvalue weighted by molar-refractivity contribution is 9.10. The Balaban J connectivity index is 2.13. The van der Waals surface area contributed by atoms with Crippen molar-refractivity contribution in [2.24, 2.45) is 0 Å². The number of halogens is 2. The van der Waals surface area contributed by atoms with Crippen LogP contribution in [-0.4, -0.2) is 0 Å². The molecule has 0 radical (unpaired) electrons. The van der Waals surface area contributed by atoms with Gasteiger partial charge in [-0.25, -0.2) is 4.39 Å². The molecule has 0 bridgehead atoms. The largest absolute Gasteiger partial charge is 0.381 e. The van der Waals surface area contributed by atoms with Crippen molar-refractivity contribution in [1.82, 2.24) is 0 Å². The molecule has 0 aromatic heterocycles. The Morgan fingerprint density at radius 3 is 2.61 bits per heavy atom. The van der Waals surface area contributed by atoms with Crippen LogP contribution in [0.15, 0.2) is 40.9 Å². The first-order chi connectivity index (χ1) is 8.54. The molecule has 0 aliphatic carbocycles. The fourth-order valence-electron chi connectivity index (χ4n) is 1.84. The molecule has 0 aliphatic rings. The quantitative estimate of drug-likeness (QED) is 0.857. The number of anilines is 1. The summed E-state index contributed by atoms with van der Waals surface area (Å²) in [5.74, 6) is -0.220. The minimum Gasteiger partial charge on any atom is -0.381 e. The van der Waals surface area contributed by atoms with E-state index >= 15 is 0 Å². The van der Waals surface area contributed by atoms with E-state index in [0.29, 0.717) is 6.54 Å². The number of rotatable bonds is 3. The van der Waals surface area contributed by atoms with Crippen LogP contribution >= 0.6 is 15.9 Å². The molecular weight excluding hydrogens is 293 g/mol. The fraction of sp³-hybridized carbons (Fsp3) is 0.200. The molecule has 0 unspecified atom stereocenters. The van der Waals surface area contributed by atoms with Crippen molar-refractivity contribution < 1.29 is 4.39 Å². The predicted molar refractivity (Wildman–Crippen MR) is 77.3 cm³/mol. The van der Waals surface area contributed by atoms with Gasteiger partial charge in [-0.05, 0) is 54.8 Å². The van der Waals surface area contributed by atoms with E-state index in [1.165, 1.54) is 17.2 Å². The Kier molecular flexibility index (Phi) is 4.02. The average Bonchev–Trinajstić information content (AvgIpc) is 2.29. The maximum Gasteiger partial charge on any atom is 0.124 e. The van der Waals surface area contributed by atoms with E-state index in [1.807, 2.05) is 6.07 Å². The highest BCUT2D eigenvalue weighted by Crippen LogP contribution is 2.19. The maximum absolute atomic E-state index is 13.2. The highest BCUT2D eigenvalue weighted by Gasteiger charge is 2.01. The van der Waals surface area contributed by atoms with Crippen molar-refractivity contribution in [2.75, 3.05) is 5.32 Å². The molecule has 94 valence electrons. The third-order valence-electron chi connectivity index (χ3n) is 2.80. The summed E-state index contributed by atoms with van der Waals surface area (Å²) in [6.45, 7) is 4.73. The molecule has 0 fully saturated rings. The molecule has 0 heterocycles. The van der Waals surface area contributed by atoms with Crippen molar-refractivity contribution in [3.8, 4) is 0 Å². The topological polar surface area (TPSA) is 12.0 Å². The molecule has 0 aliphatic heterocycles. The second-order valence-electron chi connectivity index (χ2n) is 4.45. The minimum atomic E-state index is -0.220. The molecule has 0 saturated carbocycles. The van der Waals surface area contributed by atoms with Gasteiger partial charge >= 0.3 is 0 Å². The van der Waals surface area contributed by atoms with E-state index in [-0.39, 0.29) is 5.82 Å². The van der Waals surface area contributed by atoms with Gasteiger partial charge in [-0.3, -0.25) is 0 Å². The van der Waals surface area contributed by atoms with Crippen LogP contribution in [0.2, 0.25) is 0 Å². The Labute approximate surface area is 115 Å². The first-order valence-corrected chi connectivity index (χ1v) is 6.60. The molecule has 2 rings (SSSR count). The van der Waals surface area contributed by atoms with Gasteiger partial charge in [-0.2, -0.15) is 0 Å². The highest BCUT2D eigenvalue weighted by atomic mass is 79.9. The van der Waals surface area contributed by atoms with Gasteiger partial charge in [0.25, 0.3) is 0 Å². The van der Waals surface area contributed by atoms with Crippen LogP contribution in [0.1, 0.15) is 16.7 Å². The summed E-state index contributed by atoms with van der Waals surface area (Å²) in [5.41, 5.74) is 4.41. The van der Waals surface area contributed by atoms with E-state index in [9.17, 15) is 4.39 Å². The SMILES string of the molecule is Cc1ccc(C)c(NCc2cc(F)cc(Br)c2)c1. The first kappa shape index (κ1) is 13.1. The number of hydrogen-bond donors (Lipinski definition) is 1. The van der Waals surface area contributed by atoms with Gasteiger partial charge in [0.1, 0.15) is 5.82 Å². The van der Waals surface area contributed by atoms with Crippen LogP contribution in [0.4, 0.5) is 10.1 Å². The number of benzene rings is 2. The zero-order chi connectivity index (χ0) is 13.1. The van der Waals surface area contributed by atoms with E-state index in [1.54, 1.807) is 6.07 Å². The number of aryl methyl sites for hydroxylation is 2. The second-order valence-corrected chi connectivity index (χ2v) is 5.37. The van der Waals surface area contributed by atoms with Crippen LogP contribution in [0.5, 0.6) is 0 Å². The number of hydrogen-bond acceptors (Lipinski definition) is 1. The predicted octanol–water partition coefficient (Wildman–Crippen LogP) is 4.82. The van der Waals surface area contributed by atoms with Gasteiger partial charge in [-0.1, -0.05) is 28.1 Å². The normalized spacial score (nSPS) is 10.4. The molecule has 0 atom stereocenters. The Morgan fingerprint density at radius 2 is 1.89 bits per heavy atom. The molecule has 0 amide bonds. The van der Waals surface area contributed by atoms with Crippen molar-refractivity contribution in [3.05, 3.63) is 63.4 Å². The van der Waals surface area contributed by atoms with Crippen molar-refractivity contribution >= 4 is 21.6 Å². The van der Waals surface area contributed by atoms with Crippen LogP contribution in [-0.2, 0) is 6.54 Å². The summed E-state index contributed by atoms with van der Waals surface area (Å²) in [6.07, 6.45) is 0.